The Balaban J connectivity index is 0.00000137. The molecule has 4 unspecified atom stereocenters. The molecule has 4 atom stereocenters. The fourth-order valence-electron chi connectivity index (χ4n) is 1.84. The monoisotopic (exact) mass is 254 g/mol. The highest BCUT2D eigenvalue weighted by molar-refractivity contribution is 5.67. The van der Waals surface area contributed by atoms with Crippen molar-refractivity contribution in [3.8, 4) is 0 Å². The summed E-state index contributed by atoms with van der Waals surface area (Å²) in [7, 11) is 0. The van der Waals surface area contributed by atoms with Crippen molar-refractivity contribution >= 4 is 11.9 Å². The van der Waals surface area contributed by atoms with Gasteiger partial charge in [-0.25, -0.2) is 0 Å². The van der Waals surface area contributed by atoms with E-state index in [1.165, 1.54) is 13.8 Å². The molecule has 0 saturated carbocycles. The lowest BCUT2D eigenvalue weighted by molar-refractivity contribution is -0.154. The number of esters is 2. The molecule has 0 aromatic heterocycles. The lowest BCUT2D eigenvalue weighted by atomic mass is 9.81. The Morgan fingerprint density at radius 2 is 1.17 bits per heavy atom. The van der Waals surface area contributed by atoms with Crippen LogP contribution in [0.25, 0.3) is 0 Å². The van der Waals surface area contributed by atoms with Crippen LogP contribution in [-0.4, -0.2) is 24.1 Å². The Morgan fingerprint density at radius 3 is 1.39 bits per heavy atom. The maximum Gasteiger partial charge on any atom is 0.303 e. The van der Waals surface area contributed by atoms with Gasteiger partial charge >= 0.3 is 11.9 Å². The van der Waals surface area contributed by atoms with Crippen molar-refractivity contribution in [1.29, 1.82) is 0 Å². The summed E-state index contributed by atoms with van der Waals surface area (Å²) < 4.78 is 10.3. The zero-order valence-corrected chi connectivity index (χ0v) is 11.5. The molecule has 1 aliphatic rings. The SMILES string of the molecule is C=C.CC(=O)OC1C=CC(OC(C)=O)C(C)C1C. The molecule has 0 aliphatic heterocycles. The van der Waals surface area contributed by atoms with E-state index in [-0.39, 0.29) is 36.0 Å². The van der Waals surface area contributed by atoms with Gasteiger partial charge in [0.05, 0.1) is 0 Å². The molecule has 0 bridgehead atoms. The van der Waals surface area contributed by atoms with E-state index in [0.717, 1.165) is 0 Å². The highest BCUT2D eigenvalue weighted by Crippen LogP contribution is 2.29. The summed E-state index contributed by atoms with van der Waals surface area (Å²) in [6.45, 7) is 12.8. The Labute approximate surface area is 109 Å². The van der Waals surface area contributed by atoms with Crippen LogP contribution >= 0.6 is 0 Å². The predicted octanol–water partition coefficient (Wildman–Crippen LogP) is 2.49. The molecule has 18 heavy (non-hydrogen) atoms. The van der Waals surface area contributed by atoms with E-state index in [0.29, 0.717) is 0 Å². The summed E-state index contributed by atoms with van der Waals surface area (Å²) in [5.41, 5.74) is 0. The molecule has 4 nitrogen and oxygen atoms in total. The molecule has 1 aliphatic carbocycles. The molecule has 0 aromatic carbocycles. The van der Waals surface area contributed by atoms with Gasteiger partial charge < -0.3 is 9.47 Å². The highest BCUT2D eigenvalue weighted by Gasteiger charge is 2.33. The van der Waals surface area contributed by atoms with Crippen LogP contribution in [0, 0.1) is 11.8 Å². The first-order chi connectivity index (χ1) is 8.41. The Bertz CT molecular complexity index is 292. The Kier molecular flexibility index (Phi) is 7.01. The van der Waals surface area contributed by atoms with Crippen molar-refractivity contribution in [1.82, 2.24) is 0 Å². The average Bonchev–Trinajstić information content (AvgIpc) is 2.30. The maximum absolute atomic E-state index is 10.9. The first-order valence-corrected chi connectivity index (χ1v) is 5.94. The smallest absolute Gasteiger partial charge is 0.303 e. The molecule has 0 saturated heterocycles. The van der Waals surface area contributed by atoms with Crippen LogP contribution in [0.1, 0.15) is 27.7 Å². The summed E-state index contributed by atoms with van der Waals surface area (Å²) in [4.78, 5) is 21.8. The van der Waals surface area contributed by atoms with Crippen molar-refractivity contribution in [3.63, 3.8) is 0 Å². The van der Waals surface area contributed by atoms with Gasteiger partial charge in [-0.15, -0.1) is 13.2 Å². The second-order valence-electron chi connectivity index (χ2n) is 4.25. The van der Waals surface area contributed by atoms with E-state index in [9.17, 15) is 9.59 Å². The molecule has 0 heterocycles. The lowest BCUT2D eigenvalue weighted by Crippen LogP contribution is -2.38. The molecule has 0 aromatic rings. The fourth-order valence-corrected chi connectivity index (χ4v) is 1.84. The predicted molar refractivity (Wildman–Crippen MR) is 69.8 cm³/mol. The summed E-state index contributed by atoms with van der Waals surface area (Å²) in [5, 5.41) is 0. The van der Waals surface area contributed by atoms with Crippen LogP contribution in [0.3, 0.4) is 0 Å². The fraction of sp³-hybridized carbons (Fsp3) is 0.571. The van der Waals surface area contributed by atoms with E-state index < -0.39 is 0 Å². The summed E-state index contributed by atoms with van der Waals surface area (Å²) in [6, 6.07) is 0. The molecule has 1 rings (SSSR count). The number of hydrogen-bond donors (Lipinski definition) is 0. The van der Waals surface area contributed by atoms with Gasteiger partial charge in [0.1, 0.15) is 12.2 Å². The van der Waals surface area contributed by atoms with Gasteiger partial charge in [-0.2, -0.15) is 0 Å². The summed E-state index contributed by atoms with van der Waals surface area (Å²) >= 11 is 0. The van der Waals surface area contributed by atoms with Crippen LogP contribution in [0.2, 0.25) is 0 Å². The van der Waals surface area contributed by atoms with E-state index in [4.69, 9.17) is 9.47 Å². The number of ether oxygens (including phenoxy) is 2. The molecule has 0 fully saturated rings. The second-order valence-corrected chi connectivity index (χ2v) is 4.25. The van der Waals surface area contributed by atoms with Crippen molar-refractivity contribution in [2.75, 3.05) is 0 Å². The van der Waals surface area contributed by atoms with Gasteiger partial charge in [0.2, 0.25) is 0 Å². The summed E-state index contributed by atoms with van der Waals surface area (Å²) in [6.07, 6.45) is 3.14. The number of hydrogen-bond acceptors (Lipinski definition) is 4. The number of carbonyl (C=O) groups is 2. The minimum absolute atomic E-state index is 0.137. The third-order valence-corrected chi connectivity index (χ3v) is 2.96. The Morgan fingerprint density at radius 1 is 0.889 bits per heavy atom. The average molecular weight is 254 g/mol. The topological polar surface area (TPSA) is 52.6 Å². The van der Waals surface area contributed by atoms with Crippen LogP contribution in [0.15, 0.2) is 25.3 Å². The standard InChI is InChI=1S/C12H18O4.C2H4/c1-7-8(2)12(16-10(4)14)6-5-11(7)15-9(3)13;1-2/h5-8,11-12H,1-4H3;1-2H2. The molecule has 0 N–H and O–H groups in total. The van der Waals surface area contributed by atoms with Crippen molar-refractivity contribution in [2.45, 2.75) is 39.9 Å². The van der Waals surface area contributed by atoms with E-state index >= 15 is 0 Å². The molecule has 0 radical (unpaired) electrons. The second kappa shape index (κ2) is 7.69. The zero-order chi connectivity index (χ0) is 14.3. The first-order valence-electron chi connectivity index (χ1n) is 5.94. The Hall–Kier alpha value is -1.58. The molecular weight excluding hydrogens is 232 g/mol. The van der Waals surface area contributed by atoms with Crippen molar-refractivity contribution in [2.24, 2.45) is 11.8 Å². The van der Waals surface area contributed by atoms with Crippen LogP contribution in [0.5, 0.6) is 0 Å². The normalized spacial score (nSPS) is 29.8. The molecule has 102 valence electrons. The van der Waals surface area contributed by atoms with Crippen molar-refractivity contribution < 1.29 is 19.1 Å². The third kappa shape index (κ3) is 4.73. The largest absolute Gasteiger partial charge is 0.458 e. The van der Waals surface area contributed by atoms with Gasteiger partial charge in [0.25, 0.3) is 0 Å². The van der Waals surface area contributed by atoms with Crippen LogP contribution < -0.4 is 0 Å². The third-order valence-electron chi connectivity index (χ3n) is 2.96. The van der Waals surface area contributed by atoms with Gasteiger partial charge in [-0.3, -0.25) is 9.59 Å². The molecule has 0 amide bonds. The van der Waals surface area contributed by atoms with Gasteiger partial charge in [0, 0.05) is 25.7 Å². The molecule has 0 spiro atoms. The number of carbonyl (C=O) groups excluding carboxylic acids is 2. The summed E-state index contributed by atoms with van der Waals surface area (Å²) in [5.74, 6) is -0.309. The zero-order valence-electron chi connectivity index (χ0n) is 11.5. The highest BCUT2D eigenvalue weighted by atomic mass is 16.6. The minimum Gasteiger partial charge on any atom is -0.458 e. The molecule has 4 heteroatoms. The van der Waals surface area contributed by atoms with Gasteiger partial charge in [0.15, 0.2) is 0 Å². The first kappa shape index (κ1) is 16.4. The van der Waals surface area contributed by atoms with Crippen LogP contribution in [0.4, 0.5) is 0 Å². The van der Waals surface area contributed by atoms with Crippen LogP contribution in [-0.2, 0) is 19.1 Å². The van der Waals surface area contributed by atoms with E-state index in [1.54, 1.807) is 12.2 Å². The lowest BCUT2D eigenvalue weighted by Gasteiger charge is -2.34. The van der Waals surface area contributed by atoms with Gasteiger partial charge in [-0.05, 0) is 12.2 Å². The van der Waals surface area contributed by atoms with E-state index in [1.807, 2.05) is 13.8 Å². The quantitative estimate of drug-likeness (QED) is 0.561. The molecular formula is C14H22O4. The van der Waals surface area contributed by atoms with E-state index in [2.05, 4.69) is 13.2 Å². The van der Waals surface area contributed by atoms with Crippen molar-refractivity contribution in [3.05, 3.63) is 25.3 Å². The maximum atomic E-state index is 10.9. The minimum atomic E-state index is -0.292. The number of rotatable bonds is 2. The van der Waals surface area contributed by atoms with Gasteiger partial charge in [-0.1, -0.05) is 13.8 Å².